The van der Waals surface area contributed by atoms with Gasteiger partial charge in [0.25, 0.3) is 0 Å². The monoisotopic (exact) mass is 407 g/mol. The molecule has 3 heterocycles. The highest BCUT2D eigenvalue weighted by atomic mass is 16.5. The van der Waals surface area contributed by atoms with Gasteiger partial charge in [-0.3, -0.25) is 9.67 Å². The van der Waals surface area contributed by atoms with Crippen LogP contribution in [0.3, 0.4) is 0 Å². The number of ether oxygens (including phenoxy) is 1. The fourth-order valence-corrected chi connectivity index (χ4v) is 3.90. The molecule has 0 amide bonds. The Morgan fingerprint density at radius 1 is 1.27 bits per heavy atom. The summed E-state index contributed by atoms with van der Waals surface area (Å²) in [4.78, 5) is 6.76. The molecule has 1 atom stereocenters. The van der Waals surface area contributed by atoms with Crippen LogP contribution in [-0.4, -0.2) is 57.2 Å². The summed E-state index contributed by atoms with van der Waals surface area (Å²) < 4.78 is 9.77. The molecule has 1 saturated heterocycles. The molecule has 8 heteroatoms. The summed E-state index contributed by atoms with van der Waals surface area (Å²) in [5.41, 5.74) is 5.51. The van der Waals surface area contributed by atoms with Crippen molar-refractivity contribution in [3.05, 3.63) is 65.2 Å². The number of guanidine groups is 1. The van der Waals surface area contributed by atoms with E-state index in [9.17, 15) is 0 Å². The van der Waals surface area contributed by atoms with Crippen molar-refractivity contribution in [3.63, 3.8) is 0 Å². The first-order valence-electron chi connectivity index (χ1n) is 10.2. The predicted molar refractivity (Wildman–Crippen MR) is 117 cm³/mol. The van der Waals surface area contributed by atoms with Crippen LogP contribution in [0.25, 0.3) is 5.69 Å². The summed E-state index contributed by atoms with van der Waals surface area (Å²) in [6, 6.07) is 10.2. The van der Waals surface area contributed by atoms with Crippen molar-refractivity contribution < 1.29 is 4.74 Å². The van der Waals surface area contributed by atoms with E-state index in [2.05, 4.69) is 46.3 Å². The Bertz CT molecular complexity index is 1020. The molecular weight excluding hydrogens is 378 g/mol. The van der Waals surface area contributed by atoms with Gasteiger partial charge in [0.05, 0.1) is 30.7 Å². The van der Waals surface area contributed by atoms with Gasteiger partial charge in [0.2, 0.25) is 0 Å². The summed E-state index contributed by atoms with van der Waals surface area (Å²) in [7, 11) is 3.74. The van der Waals surface area contributed by atoms with E-state index >= 15 is 0 Å². The molecule has 0 radical (unpaired) electrons. The maximum atomic E-state index is 5.96. The van der Waals surface area contributed by atoms with Crippen molar-refractivity contribution in [1.82, 2.24) is 29.8 Å². The molecule has 0 spiro atoms. The van der Waals surface area contributed by atoms with E-state index in [0.717, 1.165) is 41.7 Å². The number of rotatable bonds is 4. The van der Waals surface area contributed by atoms with Crippen LogP contribution in [0.2, 0.25) is 0 Å². The first-order chi connectivity index (χ1) is 14.6. The average Bonchev–Trinajstić information content (AvgIpc) is 3.33. The molecule has 1 aliphatic heterocycles. The number of hydrogen-bond donors (Lipinski definition) is 1. The zero-order chi connectivity index (χ0) is 21.1. The molecule has 1 aromatic carbocycles. The lowest BCUT2D eigenvalue weighted by atomic mass is 10.1. The van der Waals surface area contributed by atoms with Gasteiger partial charge in [-0.15, -0.1) is 0 Å². The van der Waals surface area contributed by atoms with Gasteiger partial charge in [-0.1, -0.05) is 18.2 Å². The first-order valence-corrected chi connectivity index (χ1v) is 10.2. The van der Waals surface area contributed by atoms with Crippen molar-refractivity contribution in [2.24, 2.45) is 12.0 Å². The van der Waals surface area contributed by atoms with Crippen molar-refractivity contribution in [2.75, 3.05) is 26.7 Å². The van der Waals surface area contributed by atoms with E-state index in [0.29, 0.717) is 13.2 Å². The fourth-order valence-electron chi connectivity index (χ4n) is 3.90. The Morgan fingerprint density at radius 3 is 2.77 bits per heavy atom. The average molecular weight is 408 g/mol. The lowest BCUT2D eigenvalue weighted by molar-refractivity contribution is -0.00805. The van der Waals surface area contributed by atoms with Crippen LogP contribution in [0.1, 0.15) is 28.6 Å². The number of nitrogens with zero attached hydrogens (tertiary/aromatic N) is 6. The van der Waals surface area contributed by atoms with Crippen molar-refractivity contribution in [3.8, 4) is 5.69 Å². The van der Waals surface area contributed by atoms with E-state index in [1.807, 2.05) is 49.4 Å². The molecule has 2 aromatic heterocycles. The molecule has 0 saturated carbocycles. The number of aromatic nitrogens is 4. The summed E-state index contributed by atoms with van der Waals surface area (Å²) in [5.74, 6) is 0.874. The van der Waals surface area contributed by atoms with Crippen LogP contribution in [0.5, 0.6) is 0 Å². The standard InChI is InChI=1S/C22H29N7O/c1-16-20(17(2)29(26-16)19-8-6-5-7-9-19)13-24-22(23-3)28-10-11-30-21(15-28)18-12-25-27(4)14-18/h5-9,12,14,21H,10-11,13,15H2,1-4H3,(H,23,24). The van der Waals surface area contributed by atoms with E-state index in [1.165, 1.54) is 5.56 Å². The van der Waals surface area contributed by atoms with Gasteiger partial charge in [-0.05, 0) is 26.0 Å². The number of benzene rings is 1. The molecule has 8 nitrogen and oxygen atoms in total. The summed E-state index contributed by atoms with van der Waals surface area (Å²) in [6.45, 7) is 7.04. The quantitative estimate of drug-likeness (QED) is 0.531. The molecule has 158 valence electrons. The van der Waals surface area contributed by atoms with E-state index in [-0.39, 0.29) is 6.10 Å². The molecule has 0 bridgehead atoms. The van der Waals surface area contributed by atoms with E-state index < -0.39 is 0 Å². The summed E-state index contributed by atoms with van der Waals surface area (Å²) in [6.07, 6.45) is 3.87. The second-order valence-electron chi connectivity index (χ2n) is 7.55. The minimum atomic E-state index is -0.00435. The normalized spacial score (nSPS) is 17.4. The highest BCUT2D eigenvalue weighted by molar-refractivity contribution is 5.80. The van der Waals surface area contributed by atoms with Gasteiger partial charge < -0.3 is 15.0 Å². The summed E-state index contributed by atoms with van der Waals surface area (Å²) >= 11 is 0. The molecule has 0 aliphatic carbocycles. The zero-order valence-electron chi connectivity index (χ0n) is 18.0. The maximum absolute atomic E-state index is 5.96. The minimum absolute atomic E-state index is 0.00435. The van der Waals surface area contributed by atoms with Crippen LogP contribution >= 0.6 is 0 Å². The lowest BCUT2D eigenvalue weighted by Gasteiger charge is -2.34. The highest BCUT2D eigenvalue weighted by Crippen LogP contribution is 2.22. The minimum Gasteiger partial charge on any atom is -0.370 e. The highest BCUT2D eigenvalue weighted by Gasteiger charge is 2.25. The van der Waals surface area contributed by atoms with E-state index in [4.69, 9.17) is 9.84 Å². The van der Waals surface area contributed by atoms with Gasteiger partial charge in [0.1, 0.15) is 6.10 Å². The summed E-state index contributed by atoms with van der Waals surface area (Å²) in [5, 5.41) is 12.5. The zero-order valence-corrected chi connectivity index (χ0v) is 18.0. The Labute approximate surface area is 177 Å². The second-order valence-corrected chi connectivity index (χ2v) is 7.55. The van der Waals surface area contributed by atoms with Crippen LogP contribution in [0.15, 0.2) is 47.7 Å². The Morgan fingerprint density at radius 2 is 2.07 bits per heavy atom. The smallest absolute Gasteiger partial charge is 0.194 e. The Kier molecular flexibility index (Phi) is 5.85. The molecule has 3 aromatic rings. The molecule has 4 rings (SSSR count). The first kappa shape index (κ1) is 20.2. The largest absolute Gasteiger partial charge is 0.370 e. The van der Waals surface area contributed by atoms with Crippen LogP contribution < -0.4 is 5.32 Å². The van der Waals surface area contributed by atoms with Gasteiger partial charge in [0, 0.05) is 50.2 Å². The fraction of sp³-hybridized carbons (Fsp3) is 0.409. The van der Waals surface area contributed by atoms with Crippen LogP contribution in [0, 0.1) is 13.8 Å². The Hall–Kier alpha value is -3.13. The molecule has 1 fully saturated rings. The molecule has 1 aliphatic rings. The van der Waals surface area contributed by atoms with Gasteiger partial charge in [-0.25, -0.2) is 4.68 Å². The number of hydrogen-bond acceptors (Lipinski definition) is 4. The van der Waals surface area contributed by atoms with Crippen molar-refractivity contribution >= 4 is 5.96 Å². The van der Waals surface area contributed by atoms with Crippen LogP contribution in [-0.2, 0) is 18.3 Å². The van der Waals surface area contributed by atoms with Crippen molar-refractivity contribution in [1.29, 1.82) is 0 Å². The van der Waals surface area contributed by atoms with Gasteiger partial charge in [0.15, 0.2) is 5.96 Å². The van der Waals surface area contributed by atoms with Crippen LogP contribution in [0.4, 0.5) is 0 Å². The third-order valence-electron chi connectivity index (χ3n) is 5.54. The second kappa shape index (κ2) is 8.71. The number of aliphatic imine (C=N–C) groups is 1. The number of morpholine rings is 1. The van der Waals surface area contributed by atoms with Gasteiger partial charge in [-0.2, -0.15) is 10.2 Å². The number of nitrogens with one attached hydrogen (secondary N) is 1. The van der Waals surface area contributed by atoms with Crippen molar-refractivity contribution in [2.45, 2.75) is 26.5 Å². The number of para-hydroxylation sites is 1. The van der Waals surface area contributed by atoms with Gasteiger partial charge >= 0.3 is 0 Å². The molecule has 30 heavy (non-hydrogen) atoms. The third-order valence-corrected chi connectivity index (χ3v) is 5.54. The Balaban J connectivity index is 1.45. The third kappa shape index (κ3) is 4.09. The maximum Gasteiger partial charge on any atom is 0.194 e. The lowest BCUT2D eigenvalue weighted by Crippen LogP contribution is -2.48. The topological polar surface area (TPSA) is 72.5 Å². The predicted octanol–water partition coefficient (Wildman–Crippen LogP) is 2.37. The SMILES string of the molecule is CN=C(NCc1c(C)nn(-c2ccccc2)c1C)N1CCOC(c2cnn(C)c2)C1. The van der Waals surface area contributed by atoms with E-state index in [1.54, 1.807) is 4.68 Å². The molecule has 1 unspecified atom stereocenters. The number of aryl methyl sites for hydroxylation is 2. The molecule has 1 N–H and O–H groups in total. The molecular formula is C22H29N7O.